The Balaban J connectivity index is 4.27. The van der Waals surface area contributed by atoms with Gasteiger partial charge >= 0.3 is 5.97 Å². The lowest BCUT2D eigenvalue weighted by atomic mass is 9.94. The molecule has 0 bridgehead atoms. The first-order valence-corrected chi connectivity index (χ1v) is 7.69. The molecule has 0 aromatic heterocycles. The molecule has 0 radical (unpaired) electrons. The van der Waals surface area contributed by atoms with Crippen molar-refractivity contribution in [3.8, 4) is 0 Å². The summed E-state index contributed by atoms with van der Waals surface area (Å²) in [6.07, 6.45) is 0.937. The third kappa shape index (κ3) is 7.94. The van der Waals surface area contributed by atoms with Crippen LogP contribution in [0.25, 0.3) is 0 Å². The lowest BCUT2D eigenvalue weighted by Gasteiger charge is -2.28. The normalized spacial score (nSPS) is 14.1. The number of nitrogens with one attached hydrogen (secondary N) is 2. The maximum absolute atomic E-state index is 10.6. The zero-order chi connectivity index (χ0) is 18.1. The van der Waals surface area contributed by atoms with E-state index in [1.807, 2.05) is 27.7 Å². The Morgan fingerprint density at radius 3 is 1.91 bits per heavy atom. The lowest BCUT2D eigenvalue weighted by molar-refractivity contribution is -0.136. The molecule has 0 amide bonds. The number of carboxylic acid groups (broad SMARTS) is 1. The van der Waals surface area contributed by atoms with Gasteiger partial charge in [0, 0.05) is 6.42 Å². The third-order valence-corrected chi connectivity index (χ3v) is 3.96. The molecule has 0 aromatic rings. The van der Waals surface area contributed by atoms with E-state index < -0.39 is 11.5 Å². The first-order chi connectivity index (χ1) is 10.6. The molecule has 0 fully saturated rings. The Morgan fingerprint density at radius 1 is 0.957 bits per heavy atom. The van der Waals surface area contributed by atoms with Crippen LogP contribution in [-0.4, -0.2) is 57.1 Å². The van der Waals surface area contributed by atoms with E-state index in [1.54, 1.807) is 6.92 Å². The van der Waals surface area contributed by atoms with Gasteiger partial charge in [-0.15, -0.1) is 0 Å². The van der Waals surface area contributed by atoms with Crippen LogP contribution in [0.3, 0.4) is 0 Å². The van der Waals surface area contributed by atoms with Crippen molar-refractivity contribution in [2.45, 2.75) is 65.0 Å². The van der Waals surface area contributed by atoms with E-state index >= 15 is 0 Å². The molecule has 0 aliphatic rings. The Hall–Kier alpha value is -1.67. The van der Waals surface area contributed by atoms with Crippen LogP contribution < -0.4 is 10.6 Å². The second-order valence-electron chi connectivity index (χ2n) is 6.58. The predicted molar refractivity (Wildman–Crippen MR) is 89.8 cm³/mol. The summed E-state index contributed by atoms with van der Waals surface area (Å²) in [4.78, 5) is 10.6. The number of hydrogen-bond donors (Lipinski definition) is 5. The van der Waals surface area contributed by atoms with Crippen LogP contribution in [0.5, 0.6) is 0 Å². The third-order valence-electron chi connectivity index (χ3n) is 3.96. The number of oxime groups is 2. The molecule has 0 unspecified atom stereocenters. The summed E-state index contributed by atoms with van der Waals surface area (Å²) in [6, 6.07) is 0. The van der Waals surface area contributed by atoms with Gasteiger partial charge in [0.15, 0.2) is 0 Å². The van der Waals surface area contributed by atoms with E-state index in [2.05, 4.69) is 20.9 Å². The van der Waals surface area contributed by atoms with Gasteiger partial charge in [-0.2, -0.15) is 0 Å². The minimum atomic E-state index is -0.922. The zero-order valence-corrected chi connectivity index (χ0v) is 14.7. The summed E-state index contributed by atoms with van der Waals surface area (Å²) >= 11 is 0. The van der Waals surface area contributed by atoms with Crippen LogP contribution in [0.15, 0.2) is 10.3 Å². The minimum absolute atomic E-state index is 0.0694. The number of carbonyl (C=O) groups is 1. The van der Waals surface area contributed by atoms with Gasteiger partial charge in [0.2, 0.25) is 0 Å². The van der Waals surface area contributed by atoms with Crippen LogP contribution in [0, 0.1) is 0 Å². The molecule has 0 spiro atoms. The molecule has 8 heteroatoms. The number of rotatable bonds is 11. The molecule has 0 aliphatic heterocycles. The van der Waals surface area contributed by atoms with Gasteiger partial charge < -0.3 is 26.2 Å². The van der Waals surface area contributed by atoms with Crippen molar-refractivity contribution in [1.82, 2.24) is 10.6 Å². The Kier molecular flexibility index (Phi) is 8.78. The second-order valence-corrected chi connectivity index (χ2v) is 6.58. The number of aliphatic carboxylic acids is 1. The topological polar surface area (TPSA) is 127 Å². The van der Waals surface area contributed by atoms with Crippen molar-refractivity contribution >= 4 is 17.4 Å². The number of hydrogen-bond acceptors (Lipinski definition) is 7. The van der Waals surface area contributed by atoms with Crippen molar-refractivity contribution in [2.24, 2.45) is 10.3 Å². The van der Waals surface area contributed by atoms with Gasteiger partial charge in [0.25, 0.3) is 0 Å². The molecule has 0 aromatic carbocycles. The highest BCUT2D eigenvalue weighted by Crippen LogP contribution is 2.11. The first-order valence-electron chi connectivity index (χ1n) is 7.69. The standard InChI is InChI=1S/C15H30N4O4/c1-11(18-22)14(2,3)16-9-6-10-17-15(4,5)12(19-23)7-8-13(20)21/h16-17,22-23H,6-10H2,1-5H3,(H,20,21)/b18-11+,19-12+. The Labute approximate surface area is 137 Å². The average Bonchev–Trinajstić information content (AvgIpc) is 2.45. The SMILES string of the molecule is C/C(=N\O)C(C)(C)NCCCNC(C)(C)/C(CCC(=O)O)=N/O. The fourth-order valence-corrected chi connectivity index (χ4v) is 1.96. The number of carboxylic acids is 1. The Morgan fingerprint density at radius 2 is 1.48 bits per heavy atom. The largest absolute Gasteiger partial charge is 0.481 e. The molecule has 0 heterocycles. The predicted octanol–water partition coefficient (Wildman–Crippen LogP) is 1.66. The summed E-state index contributed by atoms with van der Waals surface area (Å²) in [5.41, 5.74) is 0.0525. The van der Waals surface area contributed by atoms with Gasteiger partial charge in [-0.1, -0.05) is 10.3 Å². The van der Waals surface area contributed by atoms with E-state index in [0.29, 0.717) is 24.5 Å². The maximum atomic E-state index is 10.6. The van der Waals surface area contributed by atoms with Gasteiger partial charge in [-0.3, -0.25) is 4.79 Å². The molecule has 0 atom stereocenters. The molecule has 0 saturated heterocycles. The molecule has 0 rings (SSSR count). The van der Waals surface area contributed by atoms with E-state index in [0.717, 1.165) is 6.42 Å². The first kappa shape index (κ1) is 21.3. The molecule has 0 saturated carbocycles. The minimum Gasteiger partial charge on any atom is -0.481 e. The van der Waals surface area contributed by atoms with Gasteiger partial charge in [0.1, 0.15) is 0 Å². The fraction of sp³-hybridized carbons (Fsp3) is 0.800. The monoisotopic (exact) mass is 330 g/mol. The molecule has 5 N–H and O–H groups in total. The van der Waals surface area contributed by atoms with E-state index in [-0.39, 0.29) is 18.4 Å². The summed E-state index contributed by atoms with van der Waals surface area (Å²) < 4.78 is 0. The van der Waals surface area contributed by atoms with Crippen LogP contribution in [0.2, 0.25) is 0 Å². The fourth-order valence-electron chi connectivity index (χ4n) is 1.96. The van der Waals surface area contributed by atoms with Gasteiger partial charge in [0.05, 0.1) is 28.9 Å². The van der Waals surface area contributed by atoms with E-state index in [9.17, 15) is 4.79 Å². The molecule has 8 nitrogen and oxygen atoms in total. The van der Waals surface area contributed by atoms with Crippen molar-refractivity contribution in [1.29, 1.82) is 0 Å². The van der Waals surface area contributed by atoms with Crippen LogP contribution in [0.1, 0.15) is 53.9 Å². The summed E-state index contributed by atoms with van der Waals surface area (Å²) in [5.74, 6) is -0.922. The van der Waals surface area contributed by atoms with Crippen molar-refractivity contribution in [3.63, 3.8) is 0 Å². The summed E-state index contributed by atoms with van der Waals surface area (Å²) in [6.45, 7) is 10.7. The van der Waals surface area contributed by atoms with Crippen molar-refractivity contribution in [3.05, 3.63) is 0 Å². The smallest absolute Gasteiger partial charge is 0.303 e. The molecular weight excluding hydrogens is 300 g/mol. The summed E-state index contributed by atoms with van der Waals surface area (Å²) in [7, 11) is 0. The number of nitrogens with zero attached hydrogens (tertiary/aromatic N) is 2. The highest BCUT2D eigenvalue weighted by Gasteiger charge is 2.25. The van der Waals surface area contributed by atoms with Crippen LogP contribution in [0.4, 0.5) is 0 Å². The highest BCUT2D eigenvalue weighted by molar-refractivity contribution is 5.94. The van der Waals surface area contributed by atoms with Crippen molar-refractivity contribution < 1.29 is 20.3 Å². The summed E-state index contributed by atoms with van der Waals surface area (Å²) in [5, 5.41) is 39.6. The molecule has 23 heavy (non-hydrogen) atoms. The van der Waals surface area contributed by atoms with Crippen LogP contribution >= 0.6 is 0 Å². The van der Waals surface area contributed by atoms with E-state index in [4.69, 9.17) is 15.5 Å². The zero-order valence-electron chi connectivity index (χ0n) is 14.7. The lowest BCUT2D eigenvalue weighted by Crippen LogP contribution is -2.49. The van der Waals surface area contributed by atoms with E-state index in [1.165, 1.54) is 0 Å². The van der Waals surface area contributed by atoms with Crippen LogP contribution in [-0.2, 0) is 4.79 Å². The second kappa shape index (κ2) is 9.46. The van der Waals surface area contributed by atoms with Gasteiger partial charge in [-0.05, 0) is 54.1 Å². The Bertz CT molecular complexity index is 445. The molecule has 0 aliphatic carbocycles. The quantitative estimate of drug-likeness (QED) is 0.170. The average molecular weight is 330 g/mol. The van der Waals surface area contributed by atoms with Crippen molar-refractivity contribution in [2.75, 3.05) is 13.1 Å². The molecule has 134 valence electrons. The maximum Gasteiger partial charge on any atom is 0.303 e. The van der Waals surface area contributed by atoms with Gasteiger partial charge in [-0.25, -0.2) is 0 Å². The molecular formula is C15H30N4O4. The highest BCUT2D eigenvalue weighted by atomic mass is 16.4.